The Morgan fingerprint density at radius 3 is 2.49 bits per heavy atom. The predicted molar refractivity (Wildman–Crippen MR) is 231 cm³/mol. The van der Waals surface area contributed by atoms with E-state index in [2.05, 4.69) is 63.7 Å². The summed E-state index contributed by atoms with van der Waals surface area (Å²) in [6.45, 7) is 8.62. The predicted octanol–water partition coefficient (Wildman–Crippen LogP) is 2.08. The number of likely N-dealkylation sites (N-methyl/N-ethyl adjacent to an activating group) is 1. The number of imide groups is 1. The van der Waals surface area contributed by atoms with Crippen LogP contribution in [0.25, 0.3) is 10.9 Å². The van der Waals surface area contributed by atoms with Crippen LogP contribution in [0.4, 0.5) is 38.0 Å². The highest BCUT2D eigenvalue weighted by molar-refractivity contribution is 6.08. The number of primary amides is 1. The first-order valence-electron chi connectivity index (χ1n) is 21.9. The maximum absolute atomic E-state index is 15.8. The van der Waals surface area contributed by atoms with Gasteiger partial charge < -0.3 is 45.4 Å². The number of aromatic nitrogens is 4. The lowest BCUT2D eigenvalue weighted by atomic mass is 10.0. The topological polar surface area (TPSA) is 213 Å². The Kier molecular flexibility index (Phi) is 10.5. The van der Waals surface area contributed by atoms with Gasteiger partial charge in [-0.2, -0.15) is 4.98 Å². The molecule has 6 aliphatic heterocycles. The van der Waals surface area contributed by atoms with E-state index in [0.29, 0.717) is 81.2 Å². The van der Waals surface area contributed by atoms with E-state index in [4.69, 9.17) is 5.73 Å². The lowest BCUT2D eigenvalue weighted by Gasteiger charge is -2.37. The van der Waals surface area contributed by atoms with Gasteiger partial charge >= 0.3 is 6.03 Å². The van der Waals surface area contributed by atoms with Crippen LogP contribution < -0.4 is 31.1 Å². The Balaban J connectivity index is 0.728. The minimum atomic E-state index is -0.811. The smallest absolute Gasteiger partial charge is 0.320 e. The molecule has 8 heterocycles. The number of piperidine rings is 2. The number of rotatable bonds is 10. The summed E-state index contributed by atoms with van der Waals surface area (Å²) in [5.41, 5.74) is 9.77. The molecule has 0 spiro atoms. The van der Waals surface area contributed by atoms with Gasteiger partial charge in [0.1, 0.15) is 17.6 Å². The van der Waals surface area contributed by atoms with Crippen molar-refractivity contribution in [1.29, 1.82) is 0 Å². The molecule has 6 aliphatic rings. The van der Waals surface area contributed by atoms with Crippen LogP contribution in [-0.4, -0.2) is 161 Å². The van der Waals surface area contributed by atoms with E-state index in [-0.39, 0.29) is 41.8 Å². The molecule has 4 aromatic rings. The number of carbonyl (C=O) groups excluding carboxylic acids is 5. The van der Waals surface area contributed by atoms with Gasteiger partial charge in [0.25, 0.3) is 11.8 Å². The third kappa shape index (κ3) is 7.69. The Bertz CT molecular complexity index is 2510. The number of carbonyl (C=O) groups is 5. The summed E-state index contributed by atoms with van der Waals surface area (Å²) >= 11 is 0. The average molecular weight is 863 g/mol. The zero-order chi connectivity index (χ0) is 43.5. The van der Waals surface area contributed by atoms with Crippen LogP contribution in [0, 0.1) is 11.7 Å². The molecule has 63 heavy (non-hydrogen) atoms. The Morgan fingerprint density at radius 2 is 1.73 bits per heavy atom. The second kappa shape index (κ2) is 16.3. The number of halogens is 1. The van der Waals surface area contributed by atoms with Crippen molar-refractivity contribution in [3.63, 3.8) is 0 Å². The molecule has 20 heteroatoms. The first-order valence-corrected chi connectivity index (χ1v) is 21.9. The van der Waals surface area contributed by atoms with Gasteiger partial charge in [-0.3, -0.25) is 29.4 Å². The van der Waals surface area contributed by atoms with Crippen molar-refractivity contribution in [2.24, 2.45) is 11.7 Å². The first kappa shape index (κ1) is 40.5. The van der Waals surface area contributed by atoms with Crippen LogP contribution in [0.3, 0.4) is 0 Å². The number of piperazine rings is 1. The molecule has 0 radical (unpaired) electrons. The second-order valence-electron chi connectivity index (χ2n) is 17.6. The van der Waals surface area contributed by atoms with Crippen molar-refractivity contribution in [3.8, 4) is 0 Å². The molecular formula is C43H51FN14O5. The zero-order valence-corrected chi connectivity index (χ0v) is 35.2. The van der Waals surface area contributed by atoms with E-state index in [1.54, 1.807) is 29.0 Å². The third-order valence-corrected chi connectivity index (χ3v) is 13.6. The number of benzene rings is 2. The summed E-state index contributed by atoms with van der Waals surface area (Å²) < 4.78 is 15.8. The Hall–Kier alpha value is -6.57. The number of anilines is 5. The number of nitrogens with one attached hydrogen (secondary N) is 3. The highest BCUT2D eigenvalue weighted by Gasteiger charge is 2.41. The fourth-order valence-corrected chi connectivity index (χ4v) is 10.2. The number of urea groups is 1. The van der Waals surface area contributed by atoms with Gasteiger partial charge in [-0.25, -0.2) is 9.18 Å². The number of nitrogens with two attached hydrogens (primary N) is 1. The summed E-state index contributed by atoms with van der Waals surface area (Å²) in [4.78, 5) is 84.5. The molecule has 5 N–H and O–H groups in total. The van der Waals surface area contributed by atoms with E-state index in [1.807, 2.05) is 9.80 Å². The molecule has 0 bridgehead atoms. The van der Waals surface area contributed by atoms with Gasteiger partial charge in [-0.1, -0.05) is 6.07 Å². The third-order valence-electron chi connectivity index (χ3n) is 13.6. The van der Waals surface area contributed by atoms with Crippen LogP contribution in [0.15, 0.2) is 36.4 Å². The lowest BCUT2D eigenvalue weighted by molar-refractivity contribution is -0.136. The van der Waals surface area contributed by atoms with Crippen molar-refractivity contribution in [3.05, 3.63) is 59.2 Å². The number of nitrogens with zero attached hydrogens (tertiary/aromatic N) is 10. The normalized spacial score (nSPS) is 23.4. The number of H-pyrrole nitrogens is 1. The molecule has 2 unspecified atom stereocenters. The zero-order valence-electron chi connectivity index (χ0n) is 35.2. The summed E-state index contributed by atoms with van der Waals surface area (Å²) in [7, 11) is 1.80. The number of hydrogen-bond donors (Lipinski definition) is 4. The van der Waals surface area contributed by atoms with Gasteiger partial charge in [0, 0.05) is 120 Å². The fourth-order valence-electron chi connectivity index (χ4n) is 10.2. The molecule has 3 atom stereocenters. The molecule has 10 rings (SSSR count). The summed E-state index contributed by atoms with van der Waals surface area (Å²) in [6.07, 6.45) is 3.31. The van der Waals surface area contributed by atoms with Gasteiger partial charge in [-0.15, -0.1) is 10.2 Å². The lowest BCUT2D eigenvalue weighted by Crippen LogP contribution is -2.52. The standard InChI is InChI=1S/C43H51FN14O5/c1-52-13-18-57(43(52)63)28-3-2-11-56(23-28)42-49-39(37(38(45)60)50-51-42)46-26-4-7-33(31(44)19-26)54-16-14-53(15-17-54)21-25-10-12-55(22-25)27-5-6-29-30-24-58(34-8-9-35(59)48-40(34)61)41(62)36(30)47-32(29)20-27/h4-7,19-20,25,28,34,47H,2-3,8-18,21-24H2,1H3,(H2,45,60)(H,46,49,51)(H,48,59,61)/t25?,28-,34?/m1/s1. The van der Waals surface area contributed by atoms with Crippen LogP contribution in [-0.2, 0) is 16.1 Å². The summed E-state index contributed by atoms with van der Waals surface area (Å²) in [6, 6.07) is 10.5. The van der Waals surface area contributed by atoms with E-state index in [1.165, 1.54) is 6.07 Å². The van der Waals surface area contributed by atoms with Crippen LogP contribution in [0.2, 0.25) is 0 Å². The van der Waals surface area contributed by atoms with Crippen LogP contribution in [0.5, 0.6) is 0 Å². The molecule has 5 fully saturated rings. The summed E-state index contributed by atoms with van der Waals surface area (Å²) in [5.74, 6) is -1.28. The van der Waals surface area contributed by atoms with Crippen molar-refractivity contribution >= 4 is 69.4 Å². The molecule has 5 saturated heterocycles. The molecular weight excluding hydrogens is 812 g/mol. The van der Waals surface area contributed by atoms with Crippen molar-refractivity contribution < 1.29 is 28.4 Å². The van der Waals surface area contributed by atoms with E-state index < -0.39 is 23.7 Å². The largest absolute Gasteiger partial charge is 0.371 e. The fraction of sp³-hybridized carbons (Fsp3) is 0.488. The second-order valence-corrected chi connectivity index (χ2v) is 17.6. The SMILES string of the molecule is CN1CCN([C@@H]2CCCN(c3nnc(C(N)=O)c(Nc4ccc(N5CCN(CC6CCN(c7ccc8c9c([nH]c8c7)C(=O)N(C7CCC(=O)NC7=O)C9)C6)CC5)c(F)c4)n3)C2)C1=O. The van der Waals surface area contributed by atoms with Gasteiger partial charge in [0.2, 0.25) is 17.8 Å². The van der Waals surface area contributed by atoms with Crippen LogP contribution in [0.1, 0.15) is 58.6 Å². The molecule has 19 nitrogen and oxygen atoms in total. The minimum Gasteiger partial charge on any atom is -0.371 e. The van der Waals surface area contributed by atoms with Gasteiger partial charge in [0.15, 0.2) is 11.5 Å². The molecule has 2 aromatic carbocycles. The number of aromatic amines is 1. The number of amides is 6. The number of fused-ring (bicyclic) bond motifs is 3. The number of hydrogen-bond acceptors (Lipinski definition) is 13. The maximum Gasteiger partial charge on any atom is 0.320 e. The molecule has 0 saturated carbocycles. The maximum atomic E-state index is 15.8. The van der Waals surface area contributed by atoms with Crippen molar-refractivity contribution in [1.82, 2.24) is 45.1 Å². The highest BCUT2D eigenvalue weighted by Crippen LogP contribution is 2.36. The van der Waals surface area contributed by atoms with Gasteiger partial charge in [-0.05, 0) is 61.9 Å². The minimum absolute atomic E-state index is 0.00334. The van der Waals surface area contributed by atoms with Gasteiger partial charge in [0.05, 0.1) is 11.7 Å². The van der Waals surface area contributed by atoms with E-state index in [0.717, 1.165) is 74.1 Å². The quantitative estimate of drug-likeness (QED) is 0.169. The summed E-state index contributed by atoms with van der Waals surface area (Å²) in [5, 5.41) is 14.7. The Morgan fingerprint density at radius 1 is 0.889 bits per heavy atom. The van der Waals surface area contributed by atoms with Crippen LogP contribution >= 0.6 is 0 Å². The molecule has 0 aliphatic carbocycles. The Labute approximate surface area is 362 Å². The molecule has 2 aromatic heterocycles. The van der Waals surface area contributed by atoms with Crippen molar-refractivity contribution in [2.45, 2.75) is 50.7 Å². The first-order chi connectivity index (χ1) is 30.5. The van der Waals surface area contributed by atoms with E-state index >= 15 is 4.39 Å². The van der Waals surface area contributed by atoms with E-state index in [9.17, 15) is 24.0 Å². The highest BCUT2D eigenvalue weighted by atomic mass is 19.1. The molecule has 6 amide bonds. The molecule has 330 valence electrons. The average Bonchev–Trinajstić information content (AvgIpc) is 4.05. The monoisotopic (exact) mass is 862 g/mol. The van der Waals surface area contributed by atoms with Crippen molar-refractivity contribution in [2.75, 3.05) is 99.1 Å².